The van der Waals surface area contributed by atoms with Crippen molar-refractivity contribution in [3.05, 3.63) is 24.3 Å². The Morgan fingerprint density at radius 2 is 0.500 bits per heavy atom. The molecule has 0 unspecified atom stereocenters. The monoisotopic (exact) mass is 675 g/mol. The molecule has 0 aliphatic rings. The molecule has 0 rings (SSSR count). The summed E-state index contributed by atoms with van der Waals surface area (Å²) in [6, 6.07) is 0. The molecule has 0 heterocycles. The summed E-state index contributed by atoms with van der Waals surface area (Å²) >= 11 is 0. The van der Waals surface area contributed by atoms with Crippen LogP contribution < -0.4 is 0 Å². The first-order valence-corrected chi connectivity index (χ1v) is 21.4. The maximum Gasteiger partial charge on any atom is 0.327 e. The zero-order valence-corrected chi connectivity index (χ0v) is 31.9. The maximum absolute atomic E-state index is 10.5. The first kappa shape index (κ1) is 46.4. The summed E-state index contributed by atoms with van der Waals surface area (Å²) in [4.78, 5) is 20.9. The molecule has 0 aromatic carbocycles. The normalized spacial score (nSPS) is 11.8. The summed E-state index contributed by atoms with van der Waals surface area (Å²) < 4.78 is 0. The molecule has 48 heavy (non-hydrogen) atoms. The van der Waals surface area contributed by atoms with E-state index in [0.717, 1.165) is 25.7 Å². The number of carbonyl (C=O) groups is 2. The molecule has 4 heteroatoms. The lowest BCUT2D eigenvalue weighted by Gasteiger charge is -2.04. The van der Waals surface area contributed by atoms with Crippen LogP contribution in [0.1, 0.15) is 244 Å². The van der Waals surface area contributed by atoms with Gasteiger partial charge in [0.2, 0.25) is 0 Å². The third kappa shape index (κ3) is 44.4. The zero-order valence-electron chi connectivity index (χ0n) is 31.9. The van der Waals surface area contributed by atoms with Crippen molar-refractivity contribution >= 4 is 11.9 Å². The fourth-order valence-corrected chi connectivity index (χ4v) is 6.79. The van der Waals surface area contributed by atoms with Crippen molar-refractivity contribution in [1.82, 2.24) is 0 Å². The van der Waals surface area contributed by atoms with E-state index in [0.29, 0.717) is 6.42 Å². The van der Waals surface area contributed by atoms with Gasteiger partial charge < -0.3 is 10.2 Å². The van der Waals surface area contributed by atoms with Gasteiger partial charge >= 0.3 is 11.9 Å². The van der Waals surface area contributed by atoms with Crippen LogP contribution in [-0.2, 0) is 9.59 Å². The standard InChI is InChI=1S/C44H82O4/c45-43(46)41-39-37-35-33-31-29-27-25-23-21-19-17-15-13-11-9-7-5-3-1-2-4-6-8-10-12-14-16-18-20-22-24-26-28-30-32-34-36-38-40-42-44(47)48/h17,19,40,42H,1-16,18,20-39,41H2,(H,45,46)(H,47,48)/b19-17-,42-40?. The second-order valence-corrected chi connectivity index (χ2v) is 14.7. The Morgan fingerprint density at radius 3 is 0.729 bits per heavy atom. The van der Waals surface area contributed by atoms with Crippen LogP contribution in [0, 0.1) is 0 Å². The Hall–Kier alpha value is -1.58. The van der Waals surface area contributed by atoms with Gasteiger partial charge in [0.05, 0.1) is 0 Å². The number of carboxylic acid groups (broad SMARTS) is 2. The van der Waals surface area contributed by atoms with E-state index in [1.165, 1.54) is 218 Å². The highest BCUT2D eigenvalue weighted by molar-refractivity contribution is 5.79. The summed E-state index contributed by atoms with van der Waals surface area (Å²) in [5.74, 6) is -1.49. The van der Waals surface area contributed by atoms with E-state index in [1.54, 1.807) is 6.08 Å². The molecule has 0 saturated heterocycles. The molecule has 0 saturated carbocycles. The second kappa shape index (κ2) is 41.6. The third-order valence-electron chi connectivity index (χ3n) is 9.93. The van der Waals surface area contributed by atoms with Gasteiger partial charge in [-0.25, -0.2) is 4.79 Å². The number of unbranched alkanes of at least 4 members (excludes halogenated alkanes) is 35. The van der Waals surface area contributed by atoms with E-state index >= 15 is 0 Å². The summed E-state index contributed by atoms with van der Waals surface area (Å²) in [6.45, 7) is 0. The predicted molar refractivity (Wildman–Crippen MR) is 209 cm³/mol. The number of allylic oxidation sites excluding steroid dienone is 3. The van der Waals surface area contributed by atoms with Crippen molar-refractivity contribution in [2.45, 2.75) is 244 Å². The highest BCUT2D eigenvalue weighted by Gasteiger charge is 1.98. The van der Waals surface area contributed by atoms with Crippen LogP contribution in [0.25, 0.3) is 0 Å². The molecule has 0 spiro atoms. The van der Waals surface area contributed by atoms with Gasteiger partial charge in [0, 0.05) is 12.5 Å². The molecule has 0 aromatic rings. The van der Waals surface area contributed by atoms with Gasteiger partial charge in [-0.2, -0.15) is 0 Å². The summed E-state index contributed by atoms with van der Waals surface area (Å²) in [5, 5.41) is 17.2. The Kier molecular flexibility index (Phi) is 40.2. The largest absolute Gasteiger partial charge is 0.481 e. The molecule has 0 fully saturated rings. The highest BCUT2D eigenvalue weighted by Crippen LogP contribution is 2.17. The molecule has 0 radical (unpaired) electrons. The van der Waals surface area contributed by atoms with Gasteiger partial charge in [0.1, 0.15) is 0 Å². The molecular formula is C44H82O4. The van der Waals surface area contributed by atoms with Crippen molar-refractivity contribution in [3.8, 4) is 0 Å². The fourth-order valence-electron chi connectivity index (χ4n) is 6.79. The number of rotatable bonds is 41. The zero-order chi connectivity index (χ0) is 34.9. The molecule has 0 atom stereocenters. The van der Waals surface area contributed by atoms with Crippen LogP contribution in [0.4, 0.5) is 0 Å². The predicted octanol–water partition coefficient (Wildman–Crippen LogP) is 15.1. The molecular weight excluding hydrogens is 592 g/mol. The number of hydrogen-bond donors (Lipinski definition) is 2. The molecule has 0 bridgehead atoms. The van der Waals surface area contributed by atoms with Crippen molar-refractivity contribution in [2.24, 2.45) is 0 Å². The van der Waals surface area contributed by atoms with Gasteiger partial charge in [-0.1, -0.05) is 211 Å². The van der Waals surface area contributed by atoms with Crippen LogP contribution >= 0.6 is 0 Å². The second-order valence-electron chi connectivity index (χ2n) is 14.7. The molecule has 2 N–H and O–H groups in total. The van der Waals surface area contributed by atoms with E-state index in [9.17, 15) is 9.59 Å². The first-order valence-electron chi connectivity index (χ1n) is 21.4. The molecule has 0 aromatic heterocycles. The minimum absolute atomic E-state index is 0.335. The molecule has 0 amide bonds. The van der Waals surface area contributed by atoms with Gasteiger partial charge in [-0.3, -0.25) is 4.79 Å². The van der Waals surface area contributed by atoms with Crippen molar-refractivity contribution < 1.29 is 19.8 Å². The maximum atomic E-state index is 10.5. The number of aliphatic carboxylic acids is 2. The Balaban J connectivity index is 3.11. The van der Waals surface area contributed by atoms with E-state index in [1.807, 2.05) is 0 Å². The van der Waals surface area contributed by atoms with Crippen LogP contribution in [-0.4, -0.2) is 22.2 Å². The van der Waals surface area contributed by atoms with Gasteiger partial charge in [0.15, 0.2) is 0 Å². The number of hydrogen-bond acceptors (Lipinski definition) is 2. The van der Waals surface area contributed by atoms with E-state index < -0.39 is 11.9 Å². The van der Waals surface area contributed by atoms with Crippen molar-refractivity contribution in [2.75, 3.05) is 0 Å². The topological polar surface area (TPSA) is 74.6 Å². The van der Waals surface area contributed by atoms with Gasteiger partial charge in [0.25, 0.3) is 0 Å². The Bertz CT molecular complexity index is 713. The Morgan fingerprint density at radius 1 is 0.292 bits per heavy atom. The van der Waals surface area contributed by atoms with Crippen molar-refractivity contribution in [1.29, 1.82) is 0 Å². The minimum atomic E-state index is -0.833. The summed E-state index contributed by atoms with van der Waals surface area (Å²) in [5.41, 5.74) is 0. The SMILES string of the molecule is O=C(O)C=CCCCCCCCCCCCCCCCCCCCCCCCCCCC/C=C\CCCCCCCCCCCC(=O)O. The van der Waals surface area contributed by atoms with E-state index in [2.05, 4.69) is 12.2 Å². The average Bonchev–Trinajstić information content (AvgIpc) is 3.06. The summed E-state index contributed by atoms with van der Waals surface area (Å²) in [7, 11) is 0. The van der Waals surface area contributed by atoms with Gasteiger partial charge in [-0.05, 0) is 44.9 Å². The lowest BCUT2D eigenvalue weighted by Crippen LogP contribution is -1.93. The smallest absolute Gasteiger partial charge is 0.327 e. The van der Waals surface area contributed by atoms with Crippen molar-refractivity contribution in [3.63, 3.8) is 0 Å². The van der Waals surface area contributed by atoms with Crippen LogP contribution in [0.15, 0.2) is 24.3 Å². The summed E-state index contributed by atoms with van der Waals surface area (Å²) in [6.07, 6.45) is 57.7. The van der Waals surface area contributed by atoms with Crippen LogP contribution in [0.5, 0.6) is 0 Å². The van der Waals surface area contributed by atoms with Crippen LogP contribution in [0.2, 0.25) is 0 Å². The molecule has 4 nitrogen and oxygen atoms in total. The molecule has 0 aliphatic heterocycles. The lowest BCUT2D eigenvalue weighted by atomic mass is 10.0. The minimum Gasteiger partial charge on any atom is -0.481 e. The average molecular weight is 675 g/mol. The van der Waals surface area contributed by atoms with Crippen LogP contribution in [0.3, 0.4) is 0 Å². The third-order valence-corrected chi connectivity index (χ3v) is 9.93. The van der Waals surface area contributed by atoms with Gasteiger partial charge in [-0.15, -0.1) is 0 Å². The fraction of sp³-hybridized carbons (Fsp3) is 0.864. The highest BCUT2D eigenvalue weighted by atomic mass is 16.4. The number of carboxylic acids is 2. The lowest BCUT2D eigenvalue weighted by molar-refractivity contribution is -0.137. The van der Waals surface area contributed by atoms with E-state index in [-0.39, 0.29) is 0 Å². The first-order chi connectivity index (χ1) is 23.6. The Labute approximate surface area is 299 Å². The molecule has 0 aliphatic carbocycles. The van der Waals surface area contributed by atoms with E-state index in [4.69, 9.17) is 10.2 Å². The molecule has 282 valence electrons. The quantitative estimate of drug-likeness (QED) is 0.0384.